The topological polar surface area (TPSA) is 20.3 Å². The van der Waals surface area contributed by atoms with Crippen LogP contribution in [0.5, 0.6) is 0 Å². The summed E-state index contributed by atoms with van der Waals surface area (Å²) in [7, 11) is 0. The number of carbonyl (C=O) groups is 1. The lowest BCUT2D eigenvalue weighted by molar-refractivity contribution is -0.126. The molecule has 0 N–H and O–H groups in total. The zero-order chi connectivity index (χ0) is 13.8. The molecule has 0 saturated heterocycles. The Balaban J connectivity index is 1.97. The smallest absolute Gasteiger partial charge is 0.137 e. The van der Waals surface area contributed by atoms with Crippen molar-refractivity contribution in [1.82, 2.24) is 4.90 Å². The van der Waals surface area contributed by atoms with Crippen LogP contribution in [0.2, 0.25) is 0 Å². The van der Waals surface area contributed by atoms with Crippen molar-refractivity contribution in [2.24, 2.45) is 11.8 Å². The summed E-state index contributed by atoms with van der Waals surface area (Å²) in [5.41, 5.74) is 0. The third-order valence-electron chi connectivity index (χ3n) is 4.15. The Hall–Kier alpha value is -0.670. The van der Waals surface area contributed by atoms with Gasteiger partial charge >= 0.3 is 0 Å². The van der Waals surface area contributed by atoms with Crippen molar-refractivity contribution in [3.63, 3.8) is 0 Å². The highest BCUT2D eigenvalue weighted by atomic mass is 32.1. The fourth-order valence-electron chi connectivity index (χ4n) is 2.85. The minimum Gasteiger partial charge on any atom is -0.299 e. The molecule has 106 valence electrons. The molecule has 19 heavy (non-hydrogen) atoms. The molecule has 0 aliphatic heterocycles. The third-order valence-corrected chi connectivity index (χ3v) is 5.01. The molecule has 1 aromatic rings. The van der Waals surface area contributed by atoms with Crippen molar-refractivity contribution in [3.8, 4) is 0 Å². The van der Waals surface area contributed by atoms with Crippen LogP contribution in [0, 0.1) is 11.8 Å². The van der Waals surface area contributed by atoms with Crippen molar-refractivity contribution in [1.29, 1.82) is 0 Å². The van der Waals surface area contributed by atoms with E-state index in [9.17, 15) is 4.79 Å². The number of nitrogens with zero attached hydrogens (tertiary/aromatic N) is 1. The second-order valence-electron chi connectivity index (χ2n) is 6.15. The number of hydrogen-bond donors (Lipinski definition) is 0. The van der Waals surface area contributed by atoms with Crippen LogP contribution >= 0.6 is 11.3 Å². The SMILES string of the molecule is CC1CCC(=O)C(CN(Cc2cccs2)C(C)C)C1. The maximum atomic E-state index is 12.1. The molecule has 2 rings (SSSR count). The molecule has 2 atom stereocenters. The summed E-state index contributed by atoms with van der Waals surface area (Å²) in [6.45, 7) is 8.64. The van der Waals surface area contributed by atoms with Gasteiger partial charge in [-0.25, -0.2) is 0 Å². The van der Waals surface area contributed by atoms with Crippen molar-refractivity contribution in [2.45, 2.75) is 52.6 Å². The number of thiophene rings is 1. The molecular formula is C16H25NOS. The molecule has 1 saturated carbocycles. The first-order valence-corrected chi connectivity index (χ1v) is 8.23. The maximum absolute atomic E-state index is 12.1. The van der Waals surface area contributed by atoms with Crippen LogP contribution in [-0.4, -0.2) is 23.3 Å². The zero-order valence-corrected chi connectivity index (χ0v) is 13.1. The molecule has 2 unspecified atom stereocenters. The van der Waals surface area contributed by atoms with Crippen LogP contribution in [0.4, 0.5) is 0 Å². The van der Waals surface area contributed by atoms with Crippen LogP contribution in [0.1, 0.15) is 44.9 Å². The standard InChI is InChI=1S/C16H25NOS/c1-12(2)17(11-15-5-4-8-19-15)10-14-9-13(3)6-7-16(14)18/h4-5,8,12-14H,6-7,9-11H2,1-3H3. The number of rotatable bonds is 5. The van der Waals surface area contributed by atoms with Crippen molar-refractivity contribution < 1.29 is 4.79 Å². The quantitative estimate of drug-likeness (QED) is 0.813. The van der Waals surface area contributed by atoms with E-state index in [0.717, 1.165) is 32.4 Å². The molecule has 1 fully saturated rings. The van der Waals surface area contributed by atoms with E-state index in [-0.39, 0.29) is 5.92 Å². The van der Waals surface area contributed by atoms with E-state index in [4.69, 9.17) is 0 Å². The lowest BCUT2D eigenvalue weighted by atomic mass is 9.81. The highest BCUT2D eigenvalue weighted by molar-refractivity contribution is 7.09. The van der Waals surface area contributed by atoms with Gasteiger partial charge in [-0.05, 0) is 44.1 Å². The van der Waals surface area contributed by atoms with Crippen LogP contribution in [-0.2, 0) is 11.3 Å². The zero-order valence-electron chi connectivity index (χ0n) is 12.3. The van der Waals surface area contributed by atoms with E-state index < -0.39 is 0 Å². The first kappa shape index (κ1) is 14.7. The Bertz CT molecular complexity index is 399. The van der Waals surface area contributed by atoms with E-state index in [1.54, 1.807) is 11.3 Å². The molecular weight excluding hydrogens is 254 g/mol. The summed E-state index contributed by atoms with van der Waals surface area (Å²) in [6.07, 6.45) is 2.95. The molecule has 0 spiro atoms. The van der Waals surface area contributed by atoms with E-state index in [2.05, 4.69) is 43.2 Å². The number of carbonyl (C=O) groups excluding carboxylic acids is 1. The van der Waals surface area contributed by atoms with Crippen molar-refractivity contribution in [3.05, 3.63) is 22.4 Å². The van der Waals surface area contributed by atoms with E-state index in [0.29, 0.717) is 17.7 Å². The Kier molecular flexibility index (Phi) is 5.17. The fourth-order valence-corrected chi connectivity index (χ4v) is 3.58. The predicted octanol–water partition coefficient (Wildman–Crippen LogP) is 3.96. The molecule has 0 bridgehead atoms. The minimum atomic E-state index is 0.256. The van der Waals surface area contributed by atoms with Gasteiger partial charge < -0.3 is 0 Å². The average molecular weight is 279 g/mol. The lowest BCUT2D eigenvalue weighted by Crippen LogP contribution is -2.39. The maximum Gasteiger partial charge on any atom is 0.137 e. The first-order valence-electron chi connectivity index (χ1n) is 7.35. The Morgan fingerprint density at radius 1 is 1.47 bits per heavy atom. The number of hydrogen-bond acceptors (Lipinski definition) is 3. The molecule has 0 amide bonds. The lowest BCUT2D eigenvalue weighted by Gasteiger charge is -2.33. The van der Waals surface area contributed by atoms with E-state index in [1.807, 2.05) is 0 Å². The number of Topliss-reactive ketones (excluding diaryl/α,β-unsaturated/α-hetero) is 1. The molecule has 0 radical (unpaired) electrons. The monoisotopic (exact) mass is 279 g/mol. The third kappa shape index (κ3) is 4.15. The van der Waals surface area contributed by atoms with Gasteiger partial charge in [-0.2, -0.15) is 0 Å². The van der Waals surface area contributed by atoms with Gasteiger partial charge in [0, 0.05) is 36.3 Å². The van der Waals surface area contributed by atoms with Crippen LogP contribution in [0.3, 0.4) is 0 Å². The average Bonchev–Trinajstić information content (AvgIpc) is 2.85. The molecule has 1 heterocycles. The van der Waals surface area contributed by atoms with Gasteiger partial charge in [-0.15, -0.1) is 11.3 Å². The van der Waals surface area contributed by atoms with Gasteiger partial charge in [0.2, 0.25) is 0 Å². The second kappa shape index (κ2) is 6.67. The van der Waals surface area contributed by atoms with Gasteiger partial charge in [-0.3, -0.25) is 9.69 Å². The normalized spacial score (nSPS) is 24.4. The van der Waals surface area contributed by atoms with Gasteiger partial charge in [0.25, 0.3) is 0 Å². The molecule has 0 aromatic carbocycles. The Morgan fingerprint density at radius 2 is 2.26 bits per heavy atom. The Morgan fingerprint density at radius 3 is 2.89 bits per heavy atom. The second-order valence-corrected chi connectivity index (χ2v) is 7.18. The summed E-state index contributed by atoms with van der Waals surface area (Å²) in [4.78, 5) is 15.9. The molecule has 1 aliphatic carbocycles. The van der Waals surface area contributed by atoms with E-state index in [1.165, 1.54) is 4.88 Å². The summed E-state index contributed by atoms with van der Waals surface area (Å²) in [6, 6.07) is 4.78. The van der Waals surface area contributed by atoms with Crippen LogP contribution in [0.25, 0.3) is 0 Å². The molecule has 3 heteroatoms. The molecule has 1 aromatic heterocycles. The van der Waals surface area contributed by atoms with Crippen molar-refractivity contribution in [2.75, 3.05) is 6.54 Å². The summed E-state index contributed by atoms with van der Waals surface area (Å²) >= 11 is 1.81. The number of ketones is 1. The summed E-state index contributed by atoms with van der Waals surface area (Å²) in [5, 5.41) is 2.13. The highest BCUT2D eigenvalue weighted by Crippen LogP contribution is 2.27. The van der Waals surface area contributed by atoms with Gasteiger partial charge in [0.1, 0.15) is 5.78 Å². The first-order chi connectivity index (χ1) is 9.06. The summed E-state index contributed by atoms with van der Waals surface area (Å²) in [5.74, 6) is 1.44. The van der Waals surface area contributed by atoms with Crippen molar-refractivity contribution >= 4 is 17.1 Å². The van der Waals surface area contributed by atoms with Gasteiger partial charge in [-0.1, -0.05) is 13.0 Å². The van der Waals surface area contributed by atoms with Gasteiger partial charge in [0.05, 0.1) is 0 Å². The summed E-state index contributed by atoms with van der Waals surface area (Å²) < 4.78 is 0. The highest BCUT2D eigenvalue weighted by Gasteiger charge is 2.28. The molecule has 1 aliphatic rings. The fraction of sp³-hybridized carbons (Fsp3) is 0.688. The van der Waals surface area contributed by atoms with E-state index >= 15 is 0 Å². The largest absolute Gasteiger partial charge is 0.299 e. The van der Waals surface area contributed by atoms with Gasteiger partial charge in [0.15, 0.2) is 0 Å². The minimum absolute atomic E-state index is 0.256. The molecule has 2 nitrogen and oxygen atoms in total. The Labute approximate surface area is 120 Å². The predicted molar refractivity (Wildman–Crippen MR) is 81.4 cm³/mol. The van der Waals surface area contributed by atoms with Crippen LogP contribution < -0.4 is 0 Å². The van der Waals surface area contributed by atoms with Crippen LogP contribution in [0.15, 0.2) is 17.5 Å².